The van der Waals surface area contributed by atoms with Crippen molar-refractivity contribution in [2.24, 2.45) is 0 Å². The number of carbonyl (C=O) groups excluding carboxylic acids is 1. The van der Waals surface area contributed by atoms with E-state index in [4.69, 9.17) is 11.6 Å². The van der Waals surface area contributed by atoms with Crippen molar-refractivity contribution in [1.82, 2.24) is 15.3 Å². The molecule has 1 amide bonds. The lowest BCUT2D eigenvalue weighted by atomic mass is 10.2. The van der Waals surface area contributed by atoms with Crippen LogP contribution in [0.15, 0.2) is 42.5 Å². The summed E-state index contributed by atoms with van der Waals surface area (Å²) < 4.78 is 13.8. The summed E-state index contributed by atoms with van der Waals surface area (Å²) in [6, 6.07) is 11.1. The van der Waals surface area contributed by atoms with Gasteiger partial charge in [-0.25, -0.2) is 9.37 Å². The third kappa shape index (κ3) is 2.80. The van der Waals surface area contributed by atoms with E-state index in [0.29, 0.717) is 5.82 Å². The van der Waals surface area contributed by atoms with Crippen LogP contribution in [0.2, 0.25) is 5.02 Å². The van der Waals surface area contributed by atoms with Crippen LogP contribution in [0.5, 0.6) is 0 Å². The molecule has 112 valence electrons. The van der Waals surface area contributed by atoms with Crippen LogP contribution in [0.4, 0.5) is 4.39 Å². The lowest BCUT2D eigenvalue weighted by Gasteiger charge is -2.12. The second kappa shape index (κ2) is 5.77. The average molecular weight is 318 g/mol. The van der Waals surface area contributed by atoms with Crippen LogP contribution in [0.1, 0.15) is 29.1 Å². The third-order valence-corrected chi connectivity index (χ3v) is 3.58. The molecule has 0 unspecified atom stereocenters. The molecule has 4 nitrogen and oxygen atoms in total. The first-order valence-electron chi connectivity index (χ1n) is 6.75. The summed E-state index contributed by atoms with van der Waals surface area (Å²) in [6.45, 7) is 1.78. The first kappa shape index (κ1) is 14.5. The highest BCUT2D eigenvalue weighted by Gasteiger charge is 2.17. The fourth-order valence-electron chi connectivity index (χ4n) is 2.19. The monoisotopic (exact) mass is 317 g/mol. The molecule has 0 aliphatic rings. The maximum atomic E-state index is 13.8. The maximum Gasteiger partial charge on any atom is 0.254 e. The summed E-state index contributed by atoms with van der Waals surface area (Å²) >= 11 is 5.68. The molecule has 0 fully saturated rings. The largest absolute Gasteiger partial charge is 0.342 e. The van der Waals surface area contributed by atoms with Gasteiger partial charge < -0.3 is 10.3 Å². The molecular formula is C16H13ClFN3O. The van der Waals surface area contributed by atoms with E-state index in [1.807, 2.05) is 24.3 Å². The number of H-pyrrole nitrogens is 1. The van der Waals surface area contributed by atoms with Gasteiger partial charge in [0.2, 0.25) is 0 Å². The second-order valence-corrected chi connectivity index (χ2v) is 5.39. The SMILES string of the molecule is C[C@H](NC(=O)c1ccc(Cl)cc1F)c1nc2ccccc2[nH]1. The summed E-state index contributed by atoms with van der Waals surface area (Å²) in [6.07, 6.45) is 0. The molecule has 0 aliphatic carbocycles. The molecule has 3 rings (SSSR count). The standard InChI is InChI=1S/C16H13ClFN3O/c1-9(15-20-13-4-2-3-5-14(13)21-15)19-16(22)11-7-6-10(17)8-12(11)18/h2-9H,1H3,(H,19,22)(H,20,21)/t9-/m0/s1. The van der Waals surface area contributed by atoms with Gasteiger partial charge in [-0.05, 0) is 37.3 Å². The van der Waals surface area contributed by atoms with Gasteiger partial charge in [0.25, 0.3) is 5.91 Å². The molecule has 2 aromatic carbocycles. The molecule has 0 bridgehead atoms. The molecule has 1 aromatic heterocycles. The molecule has 0 radical (unpaired) electrons. The average Bonchev–Trinajstić information content (AvgIpc) is 2.91. The van der Waals surface area contributed by atoms with Gasteiger partial charge in [-0.3, -0.25) is 4.79 Å². The van der Waals surface area contributed by atoms with Crippen LogP contribution in [-0.4, -0.2) is 15.9 Å². The van der Waals surface area contributed by atoms with E-state index < -0.39 is 11.7 Å². The molecule has 2 N–H and O–H groups in total. The highest BCUT2D eigenvalue weighted by atomic mass is 35.5. The van der Waals surface area contributed by atoms with Crippen molar-refractivity contribution in [2.45, 2.75) is 13.0 Å². The molecule has 3 aromatic rings. The van der Waals surface area contributed by atoms with Crippen molar-refractivity contribution < 1.29 is 9.18 Å². The van der Waals surface area contributed by atoms with Gasteiger partial charge in [-0.2, -0.15) is 0 Å². The van der Waals surface area contributed by atoms with E-state index in [2.05, 4.69) is 15.3 Å². The van der Waals surface area contributed by atoms with E-state index in [1.165, 1.54) is 12.1 Å². The van der Waals surface area contributed by atoms with Gasteiger partial charge >= 0.3 is 0 Å². The lowest BCUT2D eigenvalue weighted by Crippen LogP contribution is -2.28. The summed E-state index contributed by atoms with van der Waals surface area (Å²) in [7, 11) is 0. The Morgan fingerprint density at radius 3 is 2.82 bits per heavy atom. The molecule has 0 spiro atoms. The molecular weight excluding hydrogens is 305 g/mol. The Balaban J connectivity index is 1.81. The zero-order valence-electron chi connectivity index (χ0n) is 11.7. The summed E-state index contributed by atoms with van der Waals surface area (Å²) in [5, 5.41) is 2.97. The van der Waals surface area contributed by atoms with Gasteiger partial charge in [-0.15, -0.1) is 0 Å². The van der Waals surface area contributed by atoms with Gasteiger partial charge in [0.05, 0.1) is 22.6 Å². The predicted molar refractivity (Wildman–Crippen MR) is 83.4 cm³/mol. The lowest BCUT2D eigenvalue weighted by molar-refractivity contribution is 0.0934. The predicted octanol–water partition coefficient (Wildman–Crippen LogP) is 3.85. The van der Waals surface area contributed by atoms with Crippen molar-refractivity contribution in [3.8, 4) is 0 Å². The highest BCUT2D eigenvalue weighted by Crippen LogP contribution is 2.18. The van der Waals surface area contributed by atoms with E-state index in [0.717, 1.165) is 17.1 Å². The minimum absolute atomic E-state index is 0.0487. The molecule has 1 atom stereocenters. The fourth-order valence-corrected chi connectivity index (χ4v) is 2.35. The van der Waals surface area contributed by atoms with Crippen LogP contribution in [-0.2, 0) is 0 Å². The minimum atomic E-state index is -0.651. The number of aromatic nitrogens is 2. The zero-order valence-corrected chi connectivity index (χ0v) is 12.5. The van der Waals surface area contributed by atoms with Gasteiger partial charge in [0.15, 0.2) is 0 Å². The Labute approximate surface area is 131 Å². The first-order valence-corrected chi connectivity index (χ1v) is 7.13. The zero-order chi connectivity index (χ0) is 15.7. The number of hydrogen-bond donors (Lipinski definition) is 2. The van der Waals surface area contributed by atoms with Crippen LogP contribution < -0.4 is 5.32 Å². The Kier molecular flexibility index (Phi) is 3.81. The van der Waals surface area contributed by atoms with Crippen LogP contribution >= 0.6 is 11.6 Å². The molecule has 0 saturated heterocycles. The number of carbonyl (C=O) groups is 1. The second-order valence-electron chi connectivity index (χ2n) is 4.96. The van der Waals surface area contributed by atoms with Crippen molar-refractivity contribution in [3.63, 3.8) is 0 Å². The van der Waals surface area contributed by atoms with Crippen molar-refractivity contribution in [2.75, 3.05) is 0 Å². The number of nitrogens with one attached hydrogen (secondary N) is 2. The number of para-hydroxylation sites is 2. The Morgan fingerprint density at radius 2 is 2.09 bits per heavy atom. The Morgan fingerprint density at radius 1 is 1.32 bits per heavy atom. The number of nitrogens with zero attached hydrogens (tertiary/aromatic N) is 1. The molecule has 22 heavy (non-hydrogen) atoms. The van der Waals surface area contributed by atoms with Gasteiger partial charge in [0, 0.05) is 5.02 Å². The van der Waals surface area contributed by atoms with E-state index >= 15 is 0 Å². The van der Waals surface area contributed by atoms with Gasteiger partial charge in [0.1, 0.15) is 11.6 Å². The summed E-state index contributed by atoms with van der Waals surface area (Å²) in [5.74, 6) is -0.548. The summed E-state index contributed by atoms with van der Waals surface area (Å²) in [4.78, 5) is 19.7. The number of imidazole rings is 1. The number of hydrogen-bond acceptors (Lipinski definition) is 2. The van der Waals surface area contributed by atoms with Crippen molar-refractivity contribution in [3.05, 3.63) is 64.7 Å². The van der Waals surface area contributed by atoms with E-state index in [1.54, 1.807) is 6.92 Å². The van der Waals surface area contributed by atoms with Gasteiger partial charge in [-0.1, -0.05) is 23.7 Å². The van der Waals surface area contributed by atoms with E-state index in [9.17, 15) is 9.18 Å². The van der Waals surface area contributed by atoms with Crippen LogP contribution in [0, 0.1) is 5.82 Å². The van der Waals surface area contributed by atoms with E-state index in [-0.39, 0.29) is 16.6 Å². The van der Waals surface area contributed by atoms with Crippen molar-refractivity contribution in [1.29, 1.82) is 0 Å². The highest BCUT2D eigenvalue weighted by molar-refractivity contribution is 6.30. The summed E-state index contributed by atoms with van der Waals surface area (Å²) in [5.41, 5.74) is 1.65. The Bertz CT molecular complexity index is 813. The molecule has 1 heterocycles. The molecule has 0 aliphatic heterocycles. The quantitative estimate of drug-likeness (QED) is 0.771. The first-order chi connectivity index (χ1) is 10.5. The molecule has 0 saturated carbocycles. The normalized spacial score (nSPS) is 12.3. The third-order valence-electron chi connectivity index (χ3n) is 3.34. The Hall–Kier alpha value is -2.40. The fraction of sp³-hybridized carbons (Fsp3) is 0.125. The number of aromatic amines is 1. The topological polar surface area (TPSA) is 57.8 Å². The number of rotatable bonds is 3. The minimum Gasteiger partial charge on any atom is -0.342 e. The number of amides is 1. The number of halogens is 2. The number of benzene rings is 2. The van der Waals surface area contributed by atoms with Crippen molar-refractivity contribution >= 4 is 28.5 Å². The van der Waals surface area contributed by atoms with Crippen LogP contribution in [0.25, 0.3) is 11.0 Å². The number of fused-ring (bicyclic) bond motifs is 1. The molecule has 6 heteroatoms. The van der Waals surface area contributed by atoms with Crippen LogP contribution in [0.3, 0.4) is 0 Å². The maximum absolute atomic E-state index is 13.8. The smallest absolute Gasteiger partial charge is 0.254 e.